The van der Waals surface area contributed by atoms with Crippen LogP contribution in [0.2, 0.25) is 0 Å². The number of rotatable bonds is 0. The lowest BCUT2D eigenvalue weighted by Crippen LogP contribution is -1.78. The van der Waals surface area contributed by atoms with Gasteiger partial charge >= 0.3 is 0 Å². The van der Waals surface area contributed by atoms with Gasteiger partial charge in [-0.1, -0.05) is 0 Å². The normalized spacial score (nSPS) is 4.43. The number of carboxylic acids is 1. The molecule has 0 amide bonds. The highest BCUT2D eigenvalue weighted by molar-refractivity contribution is 5.62. The molecule has 0 radical (unpaired) electrons. The second-order valence-electron chi connectivity index (χ2n) is 0.519. The fraction of sp³-hybridized carbons (Fsp3) is 0.667. The molecule has 4 heteroatoms. The van der Waals surface area contributed by atoms with E-state index in [1.165, 1.54) is 0 Å². The number of hydrogen-bond acceptors (Lipinski definition) is 2. The number of carbonyl (C=O) groups is 1. The molecule has 0 aliphatic carbocycles. The molecule has 0 aromatic carbocycles. The summed E-state index contributed by atoms with van der Waals surface area (Å²) in [5.74, 6) is -0.833. The van der Waals surface area contributed by atoms with Crippen LogP contribution >= 0.6 is 0 Å². The van der Waals surface area contributed by atoms with Gasteiger partial charge in [0.1, 0.15) is 0 Å². The van der Waals surface area contributed by atoms with Crippen LogP contribution in [-0.2, 0) is 4.79 Å². The third-order valence-corrected chi connectivity index (χ3v) is 0. The van der Waals surface area contributed by atoms with Gasteiger partial charge in [-0.15, -0.1) is 0 Å². The van der Waals surface area contributed by atoms with Crippen molar-refractivity contribution in [3.8, 4) is 0 Å². The Hall–Kier alpha value is -0.610. The molecule has 0 saturated carbocycles. The van der Waals surface area contributed by atoms with E-state index in [9.17, 15) is 0 Å². The summed E-state index contributed by atoms with van der Waals surface area (Å²) >= 11 is 0. The van der Waals surface area contributed by atoms with E-state index in [0.717, 1.165) is 14.0 Å². The Bertz CT molecular complexity index is 29.9. The van der Waals surface area contributed by atoms with Gasteiger partial charge in [-0.25, -0.2) is 0 Å². The van der Waals surface area contributed by atoms with Crippen LogP contribution in [0.25, 0.3) is 0 Å². The van der Waals surface area contributed by atoms with Crippen molar-refractivity contribution >= 4 is 5.97 Å². The van der Waals surface area contributed by atoms with Crippen LogP contribution in [0.3, 0.4) is 0 Å². The molecule has 0 rings (SSSR count). The van der Waals surface area contributed by atoms with Gasteiger partial charge in [0.25, 0.3) is 5.97 Å². The fourth-order valence-electron chi connectivity index (χ4n) is 0. The molecule has 0 saturated heterocycles. The first-order chi connectivity index (χ1) is 2.73. The Morgan fingerprint density at radius 2 is 1.43 bits per heavy atom. The number of carboxylic acid groups (broad SMARTS) is 1. The molecule has 0 bridgehead atoms. The second-order valence-corrected chi connectivity index (χ2v) is 0.519. The van der Waals surface area contributed by atoms with Crippen LogP contribution < -0.4 is 0 Å². The lowest BCUT2D eigenvalue weighted by atomic mass is 10.9. The van der Waals surface area contributed by atoms with E-state index in [0.29, 0.717) is 0 Å². The first kappa shape index (κ1) is 16.2. The number of aliphatic carboxylic acids is 1. The molecule has 0 spiro atoms. The topological polar surface area (TPSA) is 89.0 Å². The van der Waals surface area contributed by atoms with Crippen molar-refractivity contribution in [3.63, 3.8) is 0 Å². The minimum atomic E-state index is -0.833. The van der Waals surface area contributed by atoms with E-state index in [1.54, 1.807) is 0 Å². The Labute approximate surface area is 41.7 Å². The quantitative estimate of drug-likeness (QED) is 0.413. The van der Waals surface area contributed by atoms with Gasteiger partial charge in [0.15, 0.2) is 0 Å². The molecule has 7 heavy (non-hydrogen) atoms. The SMILES string of the molecule is CC(=O)O.CO.O. The smallest absolute Gasteiger partial charge is 0.300 e. The van der Waals surface area contributed by atoms with Crippen LogP contribution in [-0.4, -0.2) is 28.8 Å². The van der Waals surface area contributed by atoms with E-state index in [4.69, 9.17) is 15.0 Å². The van der Waals surface area contributed by atoms with Crippen LogP contribution in [0.4, 0.5) is 0 Å². The highest BCUT2D eigenvalue weighted by Gasteiger charge is 1.65. The molecule has 4 N–H and O–H groups in total. The molecule has 0 atom stereocenters. The monoisotopic (exact) mass is 110 g/mol. The van der Waals surface area contributed by atoms with E-state index < -0.39 is 5.97 Å². The van der Waals surface area contributed by atoms with Crippen molar-refractivity contribution in [2.45, 2.75) is 6.92 Å². The molecular weight excluding hydrogens is 100 g/mol. The summed E-state index contributed by atoms with van der Waals surface area (Å²) in [4.78, 5) is 9.00. The van der Waals surface area contributed by atoms with Crippen molar-refractivity contribution in [2.24, 2.45) is 0 Å². The fourth-order valence-corrected chi connectivity index (χ4v) is 0. The minimum absolute atomic E-state index is 0. The highest BCUT2D eigenvalue weighted by atomic mass is 16.4. The summed E-state index contributed by atoms with van der Waals surface area (Å²) in [6.07, 6.45) is 0. The van der Waals surface area contributed by atoms with Crippen LogP contribution in [0.5, 0.6) is 0 Å². The largest absolute Gasteiger partial charge is 0.481 e. The van der Waals surface area contributed by atoms with Crippen molar-refractivity contribution in [1.82, 2.24) is 0 Å². The first-order valence-corrected chi connectivity index (χ1v) is 1.37. The average Bonchev–Trinajstić information content (AvgIpc) is 1.41. The van der Waals surface area contributed by atoms with Gasteiger partial charge in [0.05, 0.1) is 0 Å². The van der Waals surface area contributed by atoms with Crippen molar-refractivity contribution < 1.29 is 20.5 Å². The molecule has 4 nitrogen and oxygen atoms in total. The predicted molar refractivity (Wildman–Crippen MR) is 25.1 cm³/mol. The van der Waals surface area contributed by atoms with Crippen molar-refractivity contribution in [2.75, 3.05) is 7.11 Å². The number of aliphatic hydroxyl groups is 1. The van der Waals surface area contributed by atoms with E-state index in [1.807, 2.05) is 0 Å². The Morgan fingerprint density at radius 1 is 1.43 bits per heavy atom. The average molecular weight is 110 g/mol. The van der Waals surface area contributed by atoms with E-state index in [-0.39, 0.29) is 5.48 Å². The van der Waals surface area contributed by atoms with Crippen molar-refractivity contribution in [3.05, 3.63) is 0 Å². The summed E-state index contributed by atoms with van der Waals surface area (Å²) in [7, 11) is 1.00. The summed E-state index contributed by atoms with van der Waals surface area (Å²) in [5.41, 5.74) is 0. The maximum Gasteiger partial charge on any atom is 0.300 e. The van der Waals surface area contributed by atoms with Gasteiger partial charge in [-0.05, 0) is 0 Å². The second kappa shape index (κ2) is 18.2. The Kier molecular flexibility index (Phi) is 42.0. The third kappa shape index (κ3) is 166. The lowest BCUT2D eigenvalue weighted by molar-refractivity contribution is -0.134. The maximum atomic E-state index is 9.00. The van der Waals surface area contributed by atoms with Crippen molar-refractivity contribution in [1.29, 1.82) is 0 Å². The first-order valence-electron chi connectivity index (χ1n) is 1.37. The number of hydrogen-bond donors (Lipinski definition) is 2. The predicted octanol–water partition coefficient (Wildman–Crippen LogP) is -1.13. The van der Waals surface area contributed by atoms with Gasteiger partial charge < -0.3 is 15.7 Å². The lowest BCUT2D eigenvalue weighted by Gasteiger charge is -1.59. The zero-order chi connectivity index (χ0) is 5.58. The highest BCUT2D eigenvalue weighted by Crippen LogP contribution is 1.42. The molecule has 0 aromatic heterocycles. The maximum absolute atomic E-state index is 9.00. The summed E-state index contributed by atoms with van der Waals surface area (Å²) < 4.78 is 0. The third-order valence-electron chi connectivity index (χ3n) is 0. The van der Waals surface area contributed by atoms with Crippen LogP contribution in [0.15, 0.2) is 0 Å². The van der Waals surface area contributed by atoms with Crippen LogP contribution in [0, 0.1) is 0 Å². The van der Waals surface area contributed by atoms with Gasteiger partial charge in [-0.3, -0.25) is 4.79 Å². The Morgan fingerprint density at radius 3 is 1.43 bits per heavy atom. The number of aliphatic hydroxyl groups excluding tert-OH is 1. The standard InChI is InChI=1S/C2H4O2.CH4O.H2O/c1-2(3)4;1-2;/h1H3,(H,3,4);2H,1H3;1H2. The van der Waals surface area contributed by atoms with Gasteiger partial charge in [0, 0.05) is 14.0 Å². The molecule has 46 valence electrons. The van der Waals surface area contributed by atoms with E-state index in [2.05, 4.69) is 0 Å². The molecule has 0 heterocycles. The van der Waals surface area contributed by atoms with E-state index >= 15 is 0 Å². The molecule has 0 aromatic rings. The summed E-state index contributed by atoms with van der Waals surface area (Å²) in [6, 6.07) is 0. The summed E-state index contributed by atoms with van der Waals surface area (Å²) in [5, 5.41) is 14.4. The molecule has 0 aliphatic rings. The molecule has 0 fully saturated rings. The molecule has 0 aliphatic heterocycles. The summed E-state index contributed by atoms with van der Waals surface area (Å²) in [6.45, 7) is 1.08. The van der Waals surface area contributed by atoms with Gasteiger partial charge in [0.2, 0.25) is 0 Å². The van der Waals surface area contributed by atoms with Gasteiger partial charge in [-0.2, -0.15) is 0 Å². The molecule has 0 unspecified atom stereocenters. The van der Waals surface area contributed by atoms with Crippen LogP contribution in [0.1, 0.15) is 6.92 Å². The zero-order valence-electron chi connectivity index (χ0n) is 4.30. The minimum Gasteiger partial charge on any atom is -0.481 e. The zero-order valence-corrected chi connectivity index (χ0v) is 4.30. The molecular formula is C3H10O4. The Balaban J connectivity index is -0.0000000480.